The first-order valence-electron chi connectivity index (χ1n) is 7.33. The van der Waals surface area contributed by atoms with Crippen molar-refractivity contribution in [3.63, 3.8) is 0 Å². The van der Waals surface area contributed by atoms with Crippen molar-refractivity contribution in [3.8, 4) is 5.75 Å². The van der Waals surface area contributed by atoms with Gasteiger partial charge in [0.25, 0.3) is 0 Å². The molecular formula is C16H27NO3. The highest BCUT2D eigenvalue weighted by molar-refractivity contribution is 5.27. The molecule has 1 aromatic carbocycles. The fourth-order valence-electron chi connectivity index (χ4n) is 1.78. The van der Waals surface area contributed by atoms with Gasteiger partial charge in [0, 0.05) is 13.1 Å². The molecule has 4 heteroatoms. The van der Waals surface area contributed by atoms with Gasteiger partial charge in [0.1, 0.15) is 5.75 Å². The van der Waals surface area contributed by atoms with Gasteiger partial charge in [-0.25, -0.2) is 0 Å². The summed E-state index contributed by atoms with van der Waals surface area (Å²) in [5.74, 6) is 0.896. The molecular weight excluding hydrogens is 254 g/mol. The molecule has 1 unspecified atom stereocenters. The third-order valence-corrected chi connectivity index (χ3v) is 3.12. The first-order valence-corrected chi connectivity index (χ1v) is 7.33. The Morgan fingerprint density at radius 2 is 1.90 bits per heavy atom. The van der Waals surface area contributed by atoms with Crippen molar-refractivity contribution in [2.24, 2.45) is 0 Å². The molecule has 114 valence electrons. The molecule has 4 nitrogen and oxygen atoms in total. The van der Waals surface area contributed by atoms with Crippen LogP contribution in [0.3, 0.4) is 0 Å². The first-order chi connectivity index (χ1) is 9.57. The van der Waals surface area contributed by atoms with Crippen LogP contribution in [0, 0.1) is 0 Å². The maximum absolute atomic E-state index is 9.65. The fraction of sp³-hybridized carbons (Fsp3) is 0.625. The molecule has 0 radical (unpaired) electrons. The third kappa shape index (κ3) is 6.89. The summed E-state index contributed by atoms with van der Waals surface area (Å²) in [6.45, 7) is 5.32. The Kier molecular flexibility index (Phi) is 7.59. The van der Waals surface area contributed by atoms with Crippen LogP contribution >= 0.6 is 0 Å². The molecule has 3 N–H and O–H groups in total. The molecule has 0 aliphatic rings. The second kappa shape index (κ2) is 8.95. The predicted octanol–water partition coefficient (Wildman–Crippen LogP) is 2.09. The van der Waals surface area contributed by atoms with Crippen LogP contribution in [-0.4, -0.2) is 35.6 Å². The average molecular weight is 281 g/mol. The van der Waals surface area contributed by atoms with Crippen LogP contribution in [0.4, 0.5) is 0 Å². The molecule has 1 rings (SSSR count). The van der Waals surface area contributed by atoms with E-state index in [2.05, 4.69) is 12.2 Å². The van der Waals surface area contributed by atoms with E-state index in [4.69, 9.17) is 9.84 Å². The van der Waals surface area contributed by atoms with E-state index in [-0.39, 0.29) is 6.61 Å². The molecule has 1 atom stereocenters. The van der Waals surface area contributed by atoms with E-state index in [9.17, 15) is 5.11 Å². The average Bonchev–Trinajstić information content (AvgIpc) is 2.45. The lowest BCUT2D eigenvalue weighted by atomic mass is 10.1. The predicted molar refractivity (Wildman–Crippen MR) is 80.9 cm³/mol. The summed E-state index contributed by atoms with van der Waals surface area (Å²) in [6, 6.07) is 7.95. The fourth-order valence-corrected chi connectivity index (χ4v) is 1.78. The number of ether oxygens (including phenoxy) is 1. The molecule has 0 aliphatic heterocycles. The largest absolute Gasteiger partial charge is 0.494 e. The topological polar surface area (TPSA) is 61.7 Å². The van der Waals surface area contributed by atoms with Crippen LogP contribution in [0.5, 0.6) is 5.75 Å². The minimum absolute atomic E-state index is 0.245. The van der Waals surface area contributed by atoms with Crippen molar-refractivity contribution in [2.75, 3.05) is 19.8 Å². The van der Waals surface area contributed by atoms with Crippen LogP contribution in [0.2, 0.25) is 0 Å². The monoisotopic (exact) mass is 281 g/mol. The lowest BCUT2D eigenvalue weighted by Crippen LogP contribution is -2.40. The van der Waals surface area contributed by atoms with E-state index in [0.717, 1.165) is 24.3 Å². The molecule has 0 spiro atoms. The van der Waals surface area contributed by atoms with Gasteiger partial charge in [0.05, 0.1) is 18.8 Å². The summed E-state index contributed by atoms with van der Waals surface area (Å²) < 4.78 is 5.65. The van der Waals surface area contributed by atoms with E-state index in [1.807, 2.05) is 24.3 Å². The Labute approximate surface area is 121 Å². The highest BCUT2D eigenvalue weighted by Crippen LogP contribution is 2.13. The Hall–Kier alpha value is -1.10. The summed E-state index contributed by atoms with van der Waals surface area (Å²) in [5.41, 5.74) is 0.0575. The van der Waals surface area contributed by atoms with Crippen molar-refractivity contribution in [3.05, 3.63) is 29.8 Å². The van der Waals surface area contributed by atoms with Gasteiger partial charge < -0.3 is 20.3 Å². The summed E-state index contributed by atoms with van der Waals surface area (Å²) in [5, 5.41) is 21.7. The third-order valence-electron chi connectivity index (χ3n) is 3.12. The minimum atomic E-state index is -1.07. The van der Waals surface area contributed by atoms with Crippen LogP contribution < -0.4 is 10.1 Å². The van der Waals surface area contributed by atoms with Crippen molar-refractivity contribution >= 4 is 0 Å². The SMILES string of the molecule is CCCCCOc1ccc(CNCC(C)(O)CO)cc1. The van der Waals surface area contributed by atoms with Crippen LogP contribution in [0.15, 0.2) is 24.3 Å². The number of unbranched alkanes of at least 4 members (excludes halogenated alkanes) is 2. The molecule has 0 aliphatic carbocycles. The maximum atomic E-state index is 9.65. The standard InChI is InChI=1S/C16H27NO3/c1-3-4-5-10-20-15-8-6-14(7-9-15)11-17-12-16(2,19)13-18/h6-9,17-19H,3-5,10-13H2,1-2H3. The van der Waals surface area contributed by atoms with E-state index in [1.165, 1.54) is 12.8 Å². The number of nitrogens with one attached hydrogen (secondary N) is 1. The molecule has 1 aromatic rings. The molecule has 0 saturated carbocycles. The number of aliphatic hydroxyl groups is 2. The second-order valence-corrected chi connectivity index (χ2v) is 5.46. The molecule has 0 heterocycles. The summed E-state index contributed by atoms with van der Waals surface area (Å²) in [7, 11) is 0. The number of aliphatic hydroxyl groups excluding tert-OH is 1. The number of benzene rings is 1. The zero-order valence-corrected chi connectivity index (χ0v) is 12.6. The highest BCUT2D eigenvalue weighted by Gasteiger charge is 2.17. The molecule has 0 fully saturated rings. The van der Waals surface area contributed by atoms with Crippen molar-refractivity contribution in [1.29, 1.82) is 0 Å². The zero-order valence-electron chi connectivity index (χ0n) is 12.6. The van der Waals surface area contributed by atoms with Gasteiger partial charge >= 0.3 is 0 Å². The zero-order chi connectivity index (χ0) is 14.8. The summed E-state index contributed by atoms with van der Waals surface area (Å²) >= 11 is 0. The maximum Gasteiger partial charge on any atom is 0.119 e. The van der Waals surface area contributed by atoms with E-state index >= 15 is 0 Å². The molecule has 0 aromatic heterocycles. The minimum Gasteiger partial charge on any atom is -0.494 e. The van der Waals surface area contributed by atoms with Gasteiger partial charge in [-0.15, -0.1) is 0 Å². The van der Waals surface area contributed by atoms with Crippen molar-refractivity contribution < 1.29 is 14.9 Å². The van der Waals surface area contributed by atoms with Gasteiger partial charge in [-0.3, -0.25) is 0 Å². The molecule has 0 saturated heterocycles. The smallest absolute Gasteiger partial charge is 0.119 e. The lowest BCUT2D eigenvalue weighted by Gasteiger charge is -2.20. The second-order valence-electron chi connectivity index (χ2n) is 5.46. The van der Waals surface area contributed by atoms with E-state index in [0.29, 0.717) is 13.1 Å². The Balaban J connectivity index is 2.28. The van der Waals surface area contributed by atoms with E-state index < -0.39 is 5.60 Å². The van der Waals surface area contributed by atoms with E-state index in [1.54, 1.807) is 6.92 Å². The van der Waals surface area contributed by atoms with Crippen LogP contribution in [0.1, 0.15) is 38.7 Å². The van der Waals surface area contributed by atoms with Gasteiger partial charge in [-0.1, -0.05) is 31.9 Å². The van der Waals surface area contributed by atoms with Gasteiger partial charge in [-0.05, 0) is 31.0 Å². The molecule has 0 bridgehead atoms. The van der Waals surface area contributed by atoms with Crippen LogP contribution in [-0.2, 0) is 6.54 Å². The number of hydrogen-bond donors (Lipinski definition) is 3. The Bertz CT molecular complexity index is 362. The first kappa shape index (κ1) is 17.0. The Morgan fingerprint density at radius 1 is 1.20 bits per heavy atom. The number of rotatable bonds is 10. The van der Waals surface area contributed by atoms with Crippen molar-refractivity contribution in [1.82, 2.24) is 5.32 Å². The van der Waals surface area contributed by atoms with Gasteiger partial charge in [0.15, 0.2) is 0 Å². The van der Waals surface area contributed by atoms with Gasteiger partial charge in [0.2, 0.25) is 0 Å². The molecule has 20 heavy (non-hydrogen) atoms. The highest BCUT2D eigenvalue weighted by atomic mass is 16.5. The van der Waals surface area contributed by atoms with Gasteiger partial charge in [-0.2, -0.15) is 0 Å². The number of hydrogen-bond acceptors (Lipinski definition) is 4. The quantitative estimate of drug-likeness (QED) is 0.575. The normalized spacial score (nSPS) is 14.0. The lowest BCUT2D eigenvalue weighted by molar-refractivity contribution is 0.00254. The summed E-state index contributed by atoms with van der Waals surface area (Å²) in [4.78, 5) is 0. The summed E-state index contributed by atoms with van der Waals surface area (Å²) in [6.07, 6.45) is 3.49. The Morgan fingerprint density at radius 3 is 2.50 bits per heavy atom. The molecule has 0 amide bonds. The van der Waals surface area contributed by atoms with Crippen LogP contribution in [0.25, 0.3) is 0 Å². The van der Waals surface area contributed by atoms with Crippen molar-refractivity contribution in [2.45, 2.75) is 45.3 Å².